The number of rotatable bonds is 8. The average Bonchev–Trinajstić information content (AvgIpc) is 2.58. The topological polar surface area (TPSA) is 59.6 Å². The zero-order valence-corrected chi connectivity index (χ0v) is 15.1. The maximum atomic E-state index is 11.7. The van der Waals surface area contributed by atoms with Gasteiger partial charge in [0.1, 0.15) is 11.5 Å². The second kappa shape index (κ2) is 9.82. The number of hydrogen-bond acceptors (Lipinski definition) is 3. The molecule has 2 aromatic rings. The van der Waals surface area contributed by atoms with E-state index in [1.807, 2.05) is 43.3 Å². The van der Waals surface area contributed by atoms with E-state index >= 15 is 0 Å². The van der Waals surface area contributed by atoms with Gasteiger partial charge in [-0.05, 0) is 55.3 Å². The van der Waals surface area contributed by atoms with Gasteiger partial charge in [0.15, 0.2) is 6.73 Å². The number of amides is 2. The van der Waals surface area contributed by atoms with Gasteiger partial charge < -0.3 is 20.1 Å². The van der Waals surface area contributed by atoms with Crippen LogP contribution in [0.1, 0.15) is 12.5 Å². The fourth-order valence-electron chi connectivity index (χ4n) is 2.02. The summed E-state index contributed by atoms with van der Waals surface area (Å²) in [7, 11) is 0. The lowest BCUT2D eigenvalue weighted by Gasteiger charge is -2.10. The molecule has 0 aliphatic carbocycles. The number of nitrogens with one attached hydrogen (secondary N) is 2. The van der Waals surface area contributed by atoms with Crippen molar-refractivity contribution in [3.63, 3.8) is 0 Å². The highest BCUT2D eigenvalue weighted by Crippen LogP contribution is 2.17. The van der Waals surface area contributed by atoms with Crippen molar-refractivity contribution < 1.29 is 14.3 Å². The molecule has 2 amide bonds. The minimum Gasteiger partial charge on any atom is -0.494 e. The molecule has 2 rings (SSSR count). The van der Waals surface area contributed by atoms with Gasteiger partial charge in [-0.1, -0.05) is 28.1 Å². The van der Waals surface area contributed by atoms with E-state index in [1.165, 1.54) is 5.56 Å². The standard InChI is InChI=1S/C18H21BrN2O3/c1-2-23-16-7-9-17(10-8-16)24-13-21-18(22)20-12-11-14-3-5-15(19)6-4-14/h3-10H,2,11-13H2,1H3,(H2,20,21,22). The predicted octanol–water partition coefficient (Wildman–Crippen LogP) is 3.73. The van der Waals surface area contributed by atoms with E-state index in [2.05, 4.69) is 26.6 Å². The Morgan fingerprint density at radius 3 is 2.21 bits per heavy atom. The van der Waals surface area contributed by atoms with Gasteiger partial charge in [-0.2, -0.15) is 0 Å². The summed E-state index contributed by atoms with van der Waals surface area (Å²) in [5, 5.41) is 5.45. The quantitative estimate of drug-likeness (QED) is 0.672. The lowest BCUT2D eigenvalue weighted by Crippen LogP contribution is -2.38. The number of carbonyl (C=O) groups excluding carboxylic acids is 1. The fourth-order valence-corrected chi connectivity index (χ4v) is 2.28. The third-order valence-electron chi connectivity index (χ3n) is 3.22. The van der Waals surface area contributed by atoms with Gasteiger partial charge >= 0.3 is 6.03 Å². The number of hydrogen-bond donors (Lipinski definition) is 2. The van der Waals surface area contributed by atoms with Crippen molar-refractivity contribution in [2.75, 3.05) is 19.9 Å². The van der Waals surface area contributed by atoms with Crippen LogP contribution in [0.4, 0.5) is 4.79 Å². The molecule has 0 aliphatic rings. The van der Waals surface area contributed by atoms with Crippen LogP contribution in [0, 0.1) is 0 Å². The summed E-state index contributed by atoms with van der Waals surface area (Å²) in [5.41, 5.74) is 1.17. The molecule has 2 N–H and O–H groups in total. The molecule has 0 radical (unpaired) electrons. The number of benzene rings is 2. The molecule has 0 heterocycles. The number of carbonyl (C=O) groups is 1. The monoisotopic (exact) mass is 392 g/mol. The van der Waals surface area contributed by atoms with Gasteiger partial charge in [0.05, 0.1) is 6.61 Å². The maximum Gasteiger partial charge on any atom is 0.317 e. The van der Waals surface area contributed by atoms with Crippen LogP contribution < -0.4 is 20.1 Å². The molecule has 0 saturated heterocycles. The molecule has 0 unspecified atom stereocenters. The number of ether oxygens (including phenoxy) is 2. The first-order valence-electron chi connectivity index (χ1n) is 7.79. The largest absolute Gasteiger partial charge is 0.494 e. The van der Waals surface area contributed by atoms with E-state index in [4.69, 9.17) is 9.47 Å². The van der Waals surface area contributed by atoms with E-state index < -0.39 is 0 Å². The van der Waals surface area contributed by atoms with Crippen molar-refractivity contribution in [1.82, 2.24) is 10.6 Å². The Morgan fingerprint density at radius 2 is 1.58 bits per heavy atom. The first-order chi connectivity index (χ1) is 11.7. The van der Waals surface area contributed by atoms with E-state index in [-0.39, 0.29) is 12.8 Å². The minimum absolute atomic E-state index is 0.109. The van der Waals surface area contributed by atoms with Crippen LogP contribution in [0.3, 0.4) is 0 Å². The number of urea groups is 1. The highest BCUT2D eigenvalue weighted by molar-refractivity contribution is 9.10. The highest BCUT2D eigenvalue weighted by Gasteiger charge is 2.01. The zero-order chi connectivity index (χ0) is 17.2. The smallest absolute Gasteiger partial charge is 0.317 e. The molecule has 128 valence electrons. The molecule has 5 nitrogen and oxygen atoms in total. The van der Waals surface area contributed by atoms with Crippen molar-refractivity contribution in [1.29, 1.82) is 0 Å². The molecule has 0 aromatic heterocycles. The van der Waals surface area contributed by atoms with Crippen molar-refractivity contribution in [2.45, 2.75) is 13.3 Å². The SMILES string of the molecule is CCOc1ccc(OCNC(=O)NCCc2ccc(Br)cc2)cc1. The Balaban J connectivity index is 1.61. The minimum atomic E-state index is -0.252. The van der Waals surface area contributed by atoms with Crippen LogP contribution in [0.25, 0.3) is 0 Å². The Bertz CT molecular complexity index is 630. The summed E-state index contributed by atoms with van der Waals surface area (Å²) in [6, 6.07) is 15.0. The molecule has 6 heteroatoms. The van der Waals surface area contributed by atoms with Gasteiger partial charge in [0.2, 0.25) is 0 Å². The summed E-state index contributed by atoms with van der Waals surface area (Å²) in [4.78, 5) is 11.7. The van der Waals surface area contributed by atoms with Gasteiger partial charge in [-0.25, -0.2) is 4.79 Å². The summed E-state index contributed by atoms with van der Waals surface area (Å²) in [6.07, 6.45) is 0.778. The van der Waals surface area contributed by atoms with Crippen molar-refractivity contribution in [3.8, 4) is 11.5 Å². The van der Waals surface area contributed by atoms with Crippen LogP contribution in [0.5, 0.6) is 11.5 Å². The zero-order valence-electron chi connectivity index (χ0n) is 13.5. The van der Waals surface area contributed by atoms with Gasteiger partial charge in [-0.15, -0.1) is 0 Å². The second-order valence-electron chi connectivity index (χ2n) is 5.00. The Kier molecular flexibility index (Phi) is 7.42. The Morgan fingerprint density at radius 1 is 0.958 bits per heavy atom. The fraction of sp³-hybridized carbons (Fsp3) is 0.278. The Hall–Kier alpha value is -2.21. The molecule has 24 heavy (non-hydrogen) atoms. The van der Waals surface area contributed by atoms with Crippen molar-refractivity contribution in [3.05, 3.63) is 58.6 Å². The lowest BCUT2D eigenvalue weighted by atomic mass is 10.1. The highest BCUT2D eigenvalue weighted by atomic mass is 79.9. The molecular formula is C18H21BrN2O3. The molecule has 0 saturated carbocycles. The molecule has 0 bridgehead atoms. The predicted molar refractivity (Wildman–Crippen MR) is 97.5 cm³/mol. The van der Waals surface area contributed by atoms with Crippen LogP contribution in [-0.4, -0.2) is 25.9 Å². The van der Waals surface area contributed by atoms with Gasteiger partial charge in [-0.3, -0.25) is 0 Å². The van der Waals surface area contributed by atoms with Crippen LogP contribution in [0.2, 0.25) is 0 Å². The Labute approximate surface area is 150 Å². The third-order valence-corrected chi connectivity index (χ3v) is 3.75. The lowest BCUT2D eigenvalue weighted by molar-refractivity contribution is 0.224. The van der Waals surface area contributed by atoms with Crippen LogP contribution in [-0.2, 0) is 6.42 Å². The molecule has 2 aromatic carbocycles. The molecule has 0 aliphatic heterocycles. The summed E-state index contributed by atoms with van der Waals surface area (Å²) in [6.45, 7) is 3.24. The van der Waals surface area contributed by atoms with Crippen LogP contribution >= 0.6 is 15.9 Å². The van der Waals surface area contributed by atoms with E-state index in [0.717, 1.165) is 16.6 Å². The second-order valence-corrected chi connectivity index (χ2v) is 5.92. The number of halogens is 1. The summed E-state index contributed by atoms with van der Waals surface area (Å²) in [5.74, 6) is 1.47. The molecule has 0 atom stereocenters. The van der Waals surface area contributed by atoms with Gasteiger partial charge in [0, 0.05) is 11.0 Å². The molecule has 0 spiro atoms. The van der Waals surface area contributed by atoms with E-state index in [9.17, 15) is 4.79 Å². The summed E-state index contributed by atoms with van der Waals surface area (Å²) >= 11 is 3.40. The summed E-state index contributed by atoms with van der Waals surface area (Å²) < 4.78 is 11.9. The van der Waals surface area contributed by atoms with E-state index in [0.29, 0.717) is 18.9 Å². The normalized spacial score (nSPS) is 10.1. The maximum absolute atomic E-state index is 11.7. The van der Waals surface area contributed by atoms with Crippen molar-refractivity contribution >= 4 is 22.0 Å². The van der Waals surface area contributed by atoms with Gasteiger partial charge in [0.25, 0.3) is 0 Å². The molecular weight excluding hydrogens is 372 g/mol. The average molecular weight is 393 g/mol. The first-order valence-corrected chi connectivity index (χ1v) is 8.58. The first kappa shape index (κ1) is 18.1. The van der Waals surface area contributed by atoms with Crippen molar-refractivity contribution in [2.24, 2.45) is 0 Å². The van der Waals surface area contributed by atoms with Crippen LogP contribution in [0.15, 0.2) is 53.0 Å². The van der Waals surface area contributed by atoms with E-state index in [1.54, 1.807) is 12.1 Å². The third kappa shape index (κ3) is 6.50. The molecule has 0 fully saturated rings.